The fourth-order valence-electron chi connectivity index (χ4n) is 2.86. The van der Waals surface area contributed by atoms with Crippen molar-refractivity contribution in [1.82, 2.24) is 4.98 Å². The molecule has 1 aliphatic heterocycles. The third-order valence-corrected chi connectivity index (χ3v) is 7.17. The van der Waals surface area contributed by atoms with E-state index in [0.717, 1.165) is 28.8 Å². The van der Waals surface area contributed by atoms with Crippen molar-refractivity contribution in [3.05, 3.63) is 65.8 Å². The van der Waals surface area contributed by atoms with Crippen molar-refractivity contribution in [3.63, 3.8) is 0 Å². The molecule has 4 nitrogen and oxygen atoms in total. The highest BCUT2D eigenvalue weighted by Crippen LogP contribution is 2.36. The van der Waals surface area contributed by atoms with Gasteiger partial charge in [-0.15, -0.1) is 11.3 Å². The van der Waals surface area contributed by atoms with E-state index in [9.17, 15) is 8.42 Å². The van der Waals surface area contributed by atoms with Crippen molar-refractivity contribution in [3.8, 4) is 11.1 Å². The third-order valence-electron chi connectivity index (χ3n) is 3.99. The average Bonchev–Trinajstić information content (AvgIpc) is 3.25. The summed E-state index contributed by atoms with van der Waals surface area (Å²) in [6.07, 6.45) is 4.26. The van der Waals surface area contributed by atoms with Gasteiger partial charge < -0.3 is 0 Å². The Morgan fingerprint density at radius 2 is 1.87 bits per heavy atom. The minimum Gasteiger partial charge on any atom is -0.265 e. The molecule has 6 heteroatoms. The molecule has 0 saturated heterocycles. The molecule has 0 saturated carbocycles. The Morgan fingerprint density at radius 3 is 2.61 bits per heavy atom. The molecule has 0 unspecified atom stereocenters. The van der Waals surface area contributed by atoms with Crippen LogP contribution in [0.1, 0.15) is 5.56 Å². The van der Waals surface area contributed by atoms with Gasteiger partial charge in [0.1, 0.15) is 4.21 Å². The van der Waals surface area contributed by atoms with Crippen LogP contribution in [-0.2, 0) is 16.4 Å². The number of aromatic nitrogens is 1. The summed E-state index contributed by atoms with van der Waals surface area (Å²) in [6.45, 7) is 0.495. The smallest absolute Gasteiger partial charge is 0.265 e. The molecule has 0 N–H and O–H groups in total. The number of hydrogen-bond donors (Lipinski definition) is 0. The van der Waals surface area contributed by atoms with Crippen molar-refractivity contribution >= 4 is 27.0 Å². The highest BCUT2D eigenvalue weighted by atomic mass is 32.2. The van der Waals surface area contributed by atoms with Crippen LogP contribution in [0.25, 0.3) is 11.1 Å². The molecule has 0 aliphatic carbocycles. The number of benzene rings is 1. The van der Waals surface area contributed by atoms with E-state index in [4.69, 9.17) is 0 Å². The van der Waals surface area contributed by atoms with Crippen molar-refractivity contribution in [2.24, 2.45) is 0 Å². The second-order valence-corrected chi connectivity index (χ2v) is 8.38. The van der Waals surface area contributed by atoms with Gasteiger partial charge >= 0.3 is 0 Å². The number of anilines is 1. The summed E-state index contributed by atoms with van der Waals surface area (Å²) in [7, 11) is -3.44. The van der Waals surface area contributed by atoms with Crippen LogP contribution in [0.15, 0.2) is 64.4 Å². The van der Waals surface area contributed by atoms with E-state index in [0.29, 0.717) is 10.8 Å². The van der Waals surface area contributed by atoms with Crippen LogP contribution in [-0.4, -0.2) is 19.9 Å². The van der Waals surface area contributed by atoms with E-state index >= 15 is 0 Å². The molecule has 0 amide bonds. The van der Waals surface area contributed by atoms with Gasteiger partial charge in [-0.3, -0.25) is 9.29 Å². The predicted molar refractivity (Wildman–Crippen MR) is 92.2 cm³/mol. The highest BCUT2D eigenvalue weighted by molar-refractivity contribution is 7.94. The zero-order valence-electron chi connectivity index (χ0n) is 12.2. The van der Waals surface area contributed by atoms with Crippen molar-refractivity contribution in [1.29, 1.82) is 0 Å². The lowest BCUT2D eigenvalue weighted by Gasteiger charge is -2.18. The first kappa shape index (κ1) is 14.4. The molecule has 0 atom stereocenters. The van der Waals surface area contributed by atoms with Crippen LogP contribution >= 0.6 is 11.3 Å². The number of thiophene rings is 1. The average molecular weight is 342 g/mol. The Kier molecular flexibility index (Phi) is 3.43. The summed E-state index contributed by atoms with van der Waals surface area (Å²) >= 11 is 1.25. The van der Waals surface area contributed by atoms with Crippen LogP contribution in [0.4, 0.5) is 5.69 Å². The number of pyridine rings is 1. The number of sulfonamides is 1. The summed E-state index contributed by atoms with van der Waals surface area (Å²) < 4.78 is 27.4. The van der Waals surface area contributed by atoms with Gasteiger partial charge in [0.05, 0.1) is 5.69 Å². The topological polar surface area (TPSA) is 50.3 Å². The zero-order valence-corrected chi connectivity index (χ0v) is 13.8. The summed E-state index contributed by atoms with van der Waals surface area (Å²) in [6, 6.07) is 13.3. The van der Waals surface area contributed by atoms with Gasteiger partial charge in [-0.05, 0) is 58.8 Å². The normalized spacial score (nSPS) is 14.0. The lowest BCUT2D eigenvalue weighted by Crippen LogP contribution is -2.28. The lowest BCUT2D eigenvalue weighted by molar-refractivity contribution is 0.594. The molecule has 3 aromatic rings. The molecule has 116 valence electrons. The Bertz CT molecular complexity index is 936. The summed E-state index contributed by atoms with van der Waals surface area (Å²) in [5.41, 5.74) is 4.03. The maximum absolute atomic E-state index is 12.7. The maximum Gasteiger partial charge on any atom is 0.273 e. The fourth-order valence-corrected chi connectivity index (χ4v) is 5.47. The molecule has 1 aliphatic rings. The van der Waals surface area contributed by atoms with Gasteiger partial charge in [-0.25, -0.2) is 8.42 Å². The predicted octanol–water partition coefficient (Wildman–Crippen LogP) is 3.56. The molecule has 0 bridgehead atoms. The van der Waals surface area contributed by atoms with Crippen LogP contribution in [0.5, 0.6) is 0 Å². The number of rotatable bonds is 3. The molecule has 4 rings (SSSR count). The number of fused-ring (bicyclic) bond motifs is 1. The first-order valence-electron chi connectivity index (χ1n) is 7.26. The standard InChI is InChI=1S/C17H14N2O2S2/c20-23(21,17-2-1-11-22-17)19-10-7-15-12-14(3-4-16(15)19)13-5-8-18-9-6-13/h1-6,8-9,11-12H,7,10H2. The van der Waals surface area contributed by atoms with Crippen LogP contribution in [0.3, 0.4) is 0 Å². The van der Waals surface area contributed by atoms with E-state index < -0.39 is 10.0 Å². The summed E-state index contributed by atoms with van der Waals surface area (Å²) in [4.78, 5) is 4.03. The Balaban J connectivity index is 1.74. The molecular formula is C17H14N2O2S2. The number of nitrogens with zero attached hydrogens (tertiary/aromatic N) is 2. The fraction of sp³-hybridized carbons (Fsp3) is 0.118. The lowest BCUT2D eigenvalue weighted by atomic mass is 10.0. The molecule has 2 aromatic heterocycles. The van der Waals surface area contributed by atoms with Crippen LogP contribution in [0, 0.1) is 0 Å². The van der Waals surface area contributed by atoms with Crippen LogP contribution in [0.2, 0.25) is 0 Å². The minimum atomic E-state index is -3.44. The van der Waals surface area contributed by atoms with Crippen molar-refractivity contribution in [2.75, 3.05) is 10.8 Å². The molecule has 0 radical (unpaired) electrons. The highest BCUT2D eigenvalue weighted by Gasteiger charge is 2.31. The van der Waals surface area contributed by atoms with Gasteiger partial charge in [0.2, 0.25) is 0 Å². The first-order chi connectivity index (χ1) is 11.2. The molecule has 0 fully saturated rings. The largest absolute Gasteiger partial charge is 0.273 e. The van der Waals surface area contributed by atoms with Gasteiger partial charge in [0.25, 0.3) is 10.0 Å². The Hall–Kier alpha value is -2.18. The Labute approximate surface area is 139 Å². The second-order valence-electron chi connectivity index (χ2n) is 5.34. The molecular weight excluding hydrogens is 328 g/mol. The second kappa shape index (κ2) is 5.47. The molecule has 1 aromatic carbocycles. The number of hydrogen-bond acceptors (Lipinski definition) is 4. The third kappa shape index (κ3) is 2.44. The van der Waals surface area contributed by atoms with Gasteiger partial charge in [0, 0.05) is 18.9 Å². The van der Waals surface area contributed by atoms with Crippen molar-refractivity contribution in [2.45, 2.75) is 10.6 Å². The van der Waals surface area contributed by atoms with E-state index in [1.165, 1.54) is 15.6 Å². The van der Waals surface area contributed by atoms with E-state index in [1.807, 2.05) is 24.3 Å². The minimum absolute atomic E-state index is 0.392. The SMILES string of the molecule is O=S(=O)(c1cccs1)N1CCc2cc(-c3ccncc3)ccc21. The van der Waals surface area contributed by atoms with Crippen molar-refractivity contribution < 1.29 is 8.42 Å². The molecule has 3 heterocycles. The zero-order chi connectivity index (χ0) is 15.9. The monoisotopic (exact) mass is 342 g/mol. The maximum atomic E-state index is 12.7. The van der Waals surface area contributed by atoms with Gasteiger partial charge in [-0.2, -0.15) is 0 Å². The first-order valence-corrected chi connectivity index (χ1v) is 9.58. The van der Waals surface area contributed by atoms with E-state index in [2.05, 4.69) is 11.1 Å². The summed E-state index contributed by atoms with van der Waals surface area (Å²) in [5.74, 6) is 0. The Morgan fingerprint density at radius 1 is 1.04 bits per heavy atom. The quantitative estimate of drug-likeness (QED) is 0.731. The van der Waals surface area contributed by atoms with Crippen LogP contribution < -0.4 is 4.31 Å². The van der Waals surface area contributed by atoms with E-state index in [1.54, 1.807) is 29.9 Å². The molecule has 23 heavy (non-hydrogen) atoms. The van der Waals surface area contributed by atoms with E-state index in [-0.39, 0.29) is 0 Å². The van der Waals surface area contributed by atoms with Gasteiger partial charge in [-0.1, -0.05) is 12.1 Å². The summed E-state index contributed by atoms with van der Waals surface area (Å²) in [5, 5.41) is 1.79. The van der Waals surface area contributed by atoms with Gasteiger partial charge in [0.15, 0.2) is 0 Å². The molecule has 0 spiro atoms.